The average Bonchev–Trinajstić information content (AvgIpc) is 3.20. The summed E-state index contributed by atoms with van der Waals surface area (Å²) in [6, 6.07) is 0. The molecule has 0 N–H and O–H groups in total. The van der Waals surface area contributed by atoms with Crippen LogP contribution in [0.3, 0.4) is 0 Å². The molecule has 0 spiro atoms. The lowest BCUT2D eigenvalue weighted by molar-refractivity contribution is -0.150. The van der Waals surface area contributed by atoms with E-state index in [1.54, 1.807) is 0 Å². The number of hydrogen-bond acceptors (Lipinski definition) is 7. The summed E-state index contributed by atoms with van der Waals surface area (Å²) >= 11 is 0. The molecule has 0 bridgehead atoms. The van der Waals surface area contributed by atoms with Gasteiger partial charge in [0.2, 0.25) is 0 Å². The number of carbonyl (C=O) groups is 2. The maximum Gasteiger partial charge on any atom is 0.306 e. The number of nitrogens with zero attached hydrogens (tertiary/aromatic N) is 2. The van der Waals surface area contributed by atoms with Crippen LogP contribution in [0.15, 0.2) is 12.2 Å². The number of allylic oxidation sites excluding steroid dienone is 2. The predicted octanol–water partition coefficient (Wildman–Crippen LogP) is 14.0. The highest BCUT2D eigenvalue weighted by Crippen LogP contribution is 2.22. The quantitative estimate of drug-likeness (QED) is 0.0345. The van der Waals surface area contributed by atoms with Crippen LogP contribution in [-0.4, -0.2) is 86.9 Å². The molecule has 0 aliphatic carbocycles. The van der Waals surface area contributed by atoms with E-state index < -0.39 is 0 Å². The summed E-state index contributed by atoms with van der Waals surface area (Å²) in [6.45, 7) is 10.7. The van der Waals surface area contributed by atoms with Crippen LogP contribution < -0.4 is 0 Å². The lowest BCUT2D eigenvalue weighted by Crippen LogP contribution is -2.48. The van der Waals surface area contributed by atoms with Gasteiger partial charge in [-0.25, -0.2) is 0 Å². The minimum atomic E-state index is -0.0878. The summed E-state index contributed by atoms with van der Waals surface area (Å²) in [6.07, 6.45) is 45.3. The molecule has 7 heteroatoms. The van der Waals surface area contributed by atoms with Crippen LogP contribution >= 0.6 is 0 Å². The van der Waals surface area contributed by atoms with Gasteiger partial charge in [-0.3, -0.25) is 14.5 Å². The molecule has 0 amide bonds. The fourth-order valence-corrected chi connectivity index (χ4v) is 8.31. The third kappa shape index (κ3) is 35.3. The molecule has 1 fully saturated rings. The lowest BCUT2D eigenvalue weighted by atomic mass is 10.0. The minimum absolute atomic E-state index is 0.00238. The summed E-state index contributed by atoms with van der Waals surface area (Å²) in [7, 11) is 4.07. The van der Waals surface area contributed by atoms with Crippen molar-refractivity contribution in [2.75, 3.05) is 46.9 Å². The fraction of sp³-hybridized carbons (Fsp3) is 0.922. The van der Waals surface area contributed by atoms with Gasteiger partial charge in [-0.1, -0.05) is 161 Å². The molecule has 0 aromatic heterocycles. The SMILES string of the molecule is CCCCCCCC/C=C\CCCCCCC1CN(CCOC(=O)CCCN(C)C)CC(CCCCCC(=O)OC(CCCCCCCC)CCCCCCCC)O1. The number of carbonyl (C=O) groups excluding carboxylic acids is 2. The van der Waals surface area contributed by atoms with Gasteiger partial charge in [0.15, 0.2) is 0 Å². The van der Waals surface area contributed by atoms with Gasteiger partial charge in [0.1, 0.15) is 12.7 Å². The Hall–Kier alpha value is -1.44. The molecule has 1 heterocycles. The molecule has 1 saturated heterocycles. The zero-order chi connectivity index (χ0) is 42.2. The van der Waals surface area contributed by atoms with Gasteiger partial charge in [0.05, 0.1) is 12.2 Å². The Bertz CT molecular complexity index is 926. The first-order valence-corrected chi connectivity index (χ1v) is 25.4. The summed E-state index contributed by atoms with van der Waals surface area (Å²) in [5, 5.41) is 0. The molecule has 2 unspecified atom stereocenters. The Kier molecular flexibility index (Phi) is 38.5. The van der Waals surface area contributed by atoms with Crippen molar-refractivity contribution in [1.82, 2.24) is 9.80 Å². The largest absolute Gasteiger partial charge is 0.464 e. The molecule has 0 radical (unpaired) electrons. The molecule has 1 aliphatic rings. The van der Waals surface area contributed by atoms with Crippen LogP contribution in [0.1, 0.15) is 239 Å². The molecule has 1 aliphatic heterocycles. The number of morpholine rings is 1. The summed E-state index contributed by atoms with van der Waals surface area (Å²) in [4.78, 5) is 29.9. The topological polar surface area (TPSA) is 68.3 Å². The standard InChI is InChI=1S/C51H98N2O5/c1-6-9-12-15-18-19-20-21-22-23-24-25-28-32-38-48-45-53(43-44-56-50(54)41-35-42-52(4)5)46-49(57-48)39-33-29-34-40-51(55)58-47(36-30-26-16-13-10-7-2)37-31-27-17-14-11-8-3/h21-22,47-49H,6-20,23-46H2,1-5H3/b22-21-. The second-order valence-electron chi connectivity index (χ2n) is 18.1. The Morgan fingerprint density at radius 1 is 0.586 bits per heavy atom. The van der Waals surface area contributed by atoms with Gasteiger partial charge >= 0.3 is 11.9 Å². The molecular formula is C51H98N2O5. The Balaban J connectivity index is 2.47. The van der Waals surface area contributed by atoms with Crippen molar-refractivity contribution in [2.24, 2.45) is 0 Å². The van der Waals surface area contributed by atoms with Crippen LogP contribution in [0.25, 0.3) is 0 Å². The molecule has 0 saturated carbocycles. The summed E-state index contributed by atoms with van der Waals surface area (Å²) in [5.41, 5.74) is 0. The normalized spacial score (nSPS) is 16.3. The molecule has 0 aromatic carbocycles. The maximum absolute atomic E-state index is 13.0. The van der Waals surface area contributed by atoms with Crippen LogP contribution in [0, 0.1) is 0 Å². The fourth-order valence-electron chi connectivity index (χ4n) is 8.31. The Morgan fingerprint density at radius 3 is 1.55 bits per heavy atom. The predicted molar refractivity (Wildman–Crippen MR) is 248 cm³/mol. The molecule has 58 heavy (non-hydrogen) atoms. The van der Waals surface area contributed by atoms with Gasteiger partial charge in [-0.15, -0.1) is 0 Å². The zero-order valence-electron chi connectivity index (χ0n) is 39.4. The number of esters is 2. The van der Waals surface area contributed by atoms with E-state index in [9.17, 15) is 9.59 Å². The molecule has 7 nitrogen and oxygen atoms in total. The van der Waals surface area contributed by atoms with Gasteiger partial charge < -0.3 is 19.1 Å². The van der Waals surface area contributed by atoms with Gasteiger partial charge in [0, 0.05) is 32.5 Å². The van der Waals surface area contributed by atoms with E-state index in [1.165, 1.54) is 154 Å². The van der Waals surface area contributed by atoms with Crippen molar-refractivity contribution >= 4 is 11.9 Å². The van der Waals surface area contributed by atoms with E-state index in [2.05, 4.69) is 42.7 Å². The van der Waals surface area contributed by atoms with E-state index in [1.807, 2.05) is 14.1 Å². The molecule has 2 atom stereocenters. The highest BCUT2D eigenvalue weighted by atomic mass is 16.5. The Morgan fingerprint density at radius 2 is 1.03 bits per heavy atom. The van der Waals surface area contributed by atoms with E-state index in [4.69, 9.17) is 14.2 Å². The maximum atomic E-state index is 13.0. The van der Waals surface area contributed by atoms with Crippen LogP contribution in [0.2, 0.25) is 0 Å². The molecule has 0 aromatic rings. The van der Waals surface area contributed by atoms with Crippen molar-refractivity contribution < 1.29 is 23.8 Å². The second-order valence-corrected chi connectivity index (χ2v) is 18.1. The zero-order valence-corrected chi connectivity index (χ0v) is 39.4. The van der Waals surface area contributed by atoms with Crippen LogP contribution in [0.5, 0.6) is 0 Å². The first-order chi connectivity index (χ1) is 28.4. The second kappa shape index (κ2) is 40.9. The van der Waals surface area contributed by atoms with Crippen molar-refractivity contribution in [3.63, 3.8) is 0 Å². The van der Waals surface area contributed by atoms with Crippen molar-refractivity contribution in [2.45, 2.75) is 257 Å². The van der Waals surface area contributed by atoms with Gasteiger partial charge in [-0.05, 0) is 97.7 Å². The molecular weight excluding hydrogens is 721 g/mol. The lowest BCUT2D eigenvalue weighted by Gasteiger charge is -2.38. The first kappa shape index (κ1) is 54.6. The number of rotatable bonds is 42. The van der Waals surface area contributed by atoms with Crippen molar-refractivity contribution in [3.8, 4) is 0 Å². The molecule has 342 valence electrons. The monoisotopic (exact) mass is 819 g/mol. The van der Waals surface area contributed by atoms with E-state index in [0.29, 0.717) is 19.4 Å². The third-order valence-electron chi connectivity index (χ3n) is 12.0. The van der Waals surface area contributed by atoms with Crippen molar-refractivity contribution in [1.29, 1.82) is 0 Å². The number of ether oxygens (including phenoxy) is 3. The van der Waals surface area contributed by atoms with E-state index >= 15 is 0 Å². The number of unbranched alkanes of at least 4 members (excludes halogenated alkanes) is 22. The van der Waals surface area contributed by atoms with E-state index in [-0.39, 0.29) is 30.3 Å². The van der Waals surface area contributed by atoms with E-state index in [0.717, 1.165) is 77.5 Å². The third-order valence-corrected chi connectivity index (χ3v) is 12.0. The van der Waals surface area contributed by atoms with Gasteiger partial charge in [0.25, 0.3) is 0 Å². The van der Waals surface area contributed by atoms with Crippen LogP contribution in [-0.2, 0) is 23.8 Å². The Labute approximate surface area is 360 Å². The first-order valence-electron chi connectivity index (χ1n) is 25.4. The van der Waals surface area contributed by atoms with Crippen LogP contribution in [0.4, 0.5) is 0 Å². The minimum Gasteiger partial charge on any atom is -0.464 e. The highest BCUT2D eigenvalue weighted by molar-refractivity contribution is 5.69. The smallest absolute Gasteiger partial charge is 0.306 e. The average molecular weight is 819 g/mol. The summed E-state index contributed by atoms with van der Waals surface area (Å²) < 4.78 is 18.4. The van der Waals surface area contributed by atoms with Gasteiger partial charge in [-0.2, -0.15) is 0 Å². The highest BCUT2D eigenvalue weighted by Gasteiger charge is 2.27. The van der Waals surface area contributed by atoms with Crippen molar-refractivity contribution in [3.05, 3.63) is 12.2 Å². The summed E-state index contributed by atoms with van der Waals surface area (Å²) in [5.74, 6) is -0.0855. The molecule has 1 rings (SSSR count). The number of hydrogen-bond donors (Lipinski definition) is 0.